The fourth-order valence-electron chi connectivity index (χ4n) is 3.57. The number of amides is 2. The Morgan fingerprint density at radius 1 is 1.32 bits per heavy atom. The number of carbonyl (C=O) groups is 1. The Morgan fingerprint density at radius 3 is 2.89 bits per heavy atom. The molecule has 28 heavy (non-hydrogen) atoms. The van der Waals surface area contributed by atoms with Gasteiger partial charge in [-0.05, 0) is 41.8 Å². The van der Waals surface area contributed by atoms with Crippen LogP contribution in [-0.2, 0) is 0 Å². The Bertz CT molecular complexity index is 980. The van der Waals surface area contributed by atoms with E-state index >= 15 is 0 Å². The molecular weight excluding hydrogens is 420 g/mol. The van der Waals surface area contributed by atoms with Crippen molar-refractivity contribution >= 4 is 38.8 Å². The lowest BCUT2D eigenvalue weighted by Gasteiger charge is -2.32. The molecule has 0 spiro atoms. The number of nitrogens with one attached hydrogen (secondary N) is 3. The number of hydrogen-bond donors (Lipinski definition) is 3. The van der Waals surface area contributed by atoms with Crippen molar-refractivity contribution in [1.82, 2.24) is 25.2 Å². The van der Waals surface area contributed by atoms with Crippen LogP contribution in [0.15, 0.2) is 41.1 Å². The highest BCUT2D eigenvalue weighted by Crippen LogP contribution is 2.32. The first-order valence-corrected chi connectivity index (χ1v) is 10.3. The molecule has 0 aliphatic carbocycles. The molecule has 3 N–H and O–H groups in total. The van der Waals surface area contributed by atoms with Crippen LogP contribution in [0.1, 0.15) is 19.8 Å². The fourth-order valence-corrected chi connectivity index (χ4v) is 3.97. The first kappa shape index (κ1) is 18.7. The largest absolute Gasteiger partial charge is 0.360 e. The first-order chi connectivity index (χ1) is 13.7. The third-order valence-electron chi connectivity index (χ3n) is 5.03. The van der Waals surface area contributed by atoms with Crippen LogP contribution in [0.25, 0.3) is 22.2 Å². The number of halogens is 1. The van der Waals surface area contributed by atoms with E-state index in [1.807, 2.05) is 30.2 Å². The number of likely N-dealkylation sites (tertiary alicyclic amines) is 1. The van der Waals surface area contributed by atoms with Crippen LogP contribution in [0.4, 0.5) is 10.7 Å². The maximum atomic E-state index is 11.9. The Labute approximate surface area is 172 Å². The van der Waals surface area contributed by atoms with E-state index in [0.717, 1.165) is 52.6 Å². The predicted octanol–water partition coefficient (Wildman–Crippen LogP) is 3.99. The number of rotatable bonds is 4. The van der Waals surface area contributed by atoms with Crippen molar-refractivity contribution in [3.8, 4) is 11.3 Å². The standard InChI is InChI=1S/C20H23BrN6O/c1-2-22-20(28)27-9-7-13(8-10-27)25-19-24-12-16(21)18(26-19)15-11-23-17-6-4-3-5-14(15)17/h3-6,11-13,23H,2,7-10H2,1H3,(H,22,28)(H,24,25,26). The number of para-hydroxylation sites is 1. The van der Waals surface area contributed by atoms with E-state index in [9.17, 15) is 4.79 Å². The summed E-state index contributed by atoms with van der Waals surface area (Å²) in [4.78, 5) is 26.3. The minimum absolute atomic E-state index is 0.0162. The Morgan fingerprint density at radius 2 is 2.11 bits per heavy atom. The third kappa shape index (κ3) is 3.82. The summed E-state index contributed by atoms with van der Waals surface area (Å²) < 4.78 is 0.855. The minimum Gasteiger partial charge on any atom is -0.360 e. The van der Waals surface area contributed by atoms with Crippen LogP contribution in [-0.4, -0.2) is 51.6 Å². The number of carbonyl (C=O) groups excluding carboxylic acids is 1. The Balaban J connectivity index is 1.49. The molecule has 3 aromatic rings. The SMILES string of the molecule is CCNC(=O)N1CCC(Nc2ncc(Br)c(-c3c[nH]c4ccccc34)n2)CC1. The van der Waals surface area contributed by atoms with Crippen LogP contribution < -0.4 is 10.6 Å². The van der Waals surface area contributed by atoms with Gasteiger partial charge in [0, 0.05) is 54.5 Å². The van der Waals surface area contributed by atoms with Crippen molar-refractivity contribution in [2.75, 3.05) is 25.0 Å². The highest BCUT2D eigenvalue weighted by Gasteiger charge is 2.23. The van der Waals surface area contributed by atoms with Crippen molar-refractivity contribution in [2.45, 2.75) is 25.8 Å². The zero-order valence-electron chi connectivity index (χ0n) is 15.7. The van der Waals surface area contributed by atoms with Gasteiger partial charge in [0.2, 0.25) is 5.95 Å². The lowest BCUT2D eigenvalue weighted by Crippen LogP contribution is -2.46. The normalized spacial score (nSPS) is 15.0. The Hall–Kier alpha value is -2.61. The summed E-state index contributed by atoms with van der Waals surface area (Å²) in [6, 6.07) is 8.44. The first-order valence-electron chi connectivity index (χ1n) is 9.54. The van der Waals surface area contributed by atoms with E-state index in [1.165, 1.54) is 0 Å². The maximum Gasteiger partial charge on any atom is 0.317 e. The minimum atomic E-state index is 0.0162. The van der Waals surface area contributed by atoms with Crippen LogP contribution in [0.3, 0.4) is 0 Å². The van der Waals surface area contributed by atoms with Gasteiger partial charge in [-0.1, -0.05) is 18.2 Å². The van der Waals surface area contributed by atoms with Crippen molar-refractivity contribution in [3.63, 3.8) is 0 Å². The number of nitrogens with zero attached hydrogens (tertiary/aromatic N) is 3. The lowest BCUT2D eigenvalue weighted by atomic mass is 10.1. The van der Waals surface area contributed by atoms with E-state index in [1.54, 1.807) is 6.20 Å². The number of aromatic amines is 1. The average molecular weight is 443 g/mol. The maximum absolute atomic E-state index is 11.9. The molecule has 1 aliphatic rings. The number of urea groups is 1. The van der Waals surface area contributed by atoms with Crippen LogP contribution >= 0.6 is 15.9 Å². The average Bonchev–Trinajstić information content (AvgIpc) is 3.14. The molecule has 1 saturated heterocycles. The lowest BCUT2D eigenvalue weighted by molar-refractivity contribution is 0.184. The van der Waals surface area contributed by atoms with Gasteiger partial charge in [0.05, 0.1) is 10.2 Å². The van der Waals surface area contributed by atoms with Gasteiger partial charge in [0.15, 0.2) is 0 Å². The van der Waals surface area contributed by atoms with Crippen molar-refractivity contribution in [2.24, 2.45) is 0 Å². The highest BCUT2D eigenvalue weighted by molar-refractivity contribution is 9.10. The van der Waals surface area contributed by atoms with E-state index < -0.39 is 0 Å². The number of piperidine rings is 1. The molecule has 0 radical (unpaired) electrons. The van der Waals surface area contributed by atoms with Gasteiger partial charge in [-0.2, -0.15) is 0 Å². The second-order valence-electron chi connectivity index (χ2n) is 6.88. The summed E-state index contributed by atoms with van der Waals surface area (Å²) in [5.74, 6) is 0.611. The van der Waals surface area contributed by atoms with Gasteiger partial charge >= 0.3 is 6.03 Å². The monoisotopic (exact) mass is 442 g/mol. The molecule has 0 unspecified atom stereocenters. The van der Waals surface area contributed by atoms with E-state index in [4.69, 9.17) is 4.98 Å². The molecule has 0 saturated carbocycles. The van der Waals surface area contributed by atoms with Crippen LogP contribution in [0.5, 0.6) is 0 Å². The van der Waals surface area contributed by atoms with E-state index in [-0.39, 0.29) is 12.1 Å². The van der Waals surface area contributed by atoms with Crippen LogP contribution in [0.2, 0.25) is 0 Å². The summed E-state index contributed by atoms with van der Waals surface area (Å²) in [5, 5.41) is 7.42. The van der Waals surface area contributed by atoms with Gasteiger partial charge in [-0.3, -0.25) is 0 Å². The van der Waals surface area contributed by atoms with Crippen molar-refractivity contribution in [1.29, 1.82) is 0 Å². The highest BCUT2D eigenvalue weighted by atomic mass is 79.9. The molecule has 0 bridgehead atoms. The number of aromatic nitrogens is 3. The van der Waals surface area contributed by atoms with Gasteiger partial charge in [0.25, 0.3) is 0 Å². The van der Waals surface area contributed by atoms with Crippen LogP contribution in [0, 0.1) is 0 Å². The van der Waals surface area contributed by atoms with E-state index in [2.05, 4.69) is 48.7 Å². The summed E-state index contributed by atoms with van der Waals surface area (Å²) in [6.07, 6.45) is 5.51. The number of fused-ring (bicyclic) bond motifs is 1. The van der Waals surface area contributed by atoms with Gasteiger partial charge < -0.3 is 20.5 Å². The zero-order chi connectivity index (χ0) is 19.5. The molecule has 4 rings (SSSR count). The number of benzene rings is 1. The second kappa shape index (κ2) is 8.18. The molecular formula is C20H23BrN6O. The number of H-pyrrole nitrogens is 1. The quantitative estimate of drug-likeness (QED) is 0.569. The molecule has 1 aliphatic heterocycles. The molecule has 3 heterocycles. The molecule has 0 atom stereocenters. The summed E-state index contributed by atoms with van der Waals surface area (Å²) in [6.45, 7) is 4.05. The summed E-state index contributed by atoms with van der Waals surface area (Å²) >= 11 is 3.58. The summed E-state index contributed by atoms with van der Waals surface area (Å²) in [5.41, 5.74) is 2.98. The topological polar surface area (TPSA) is 85.9 Å². The van der Waals surface area contributed by atoms with E-state index in [0.29, 0.717) is 12.5 Å². The molecule has 8 heteroatoms. The number of anilines is 1. The van der Waals surface area contributed by atoms with Gasteiger partial charge in [-0.15, -0.1) is 0 Å². The second-order valence-corrected chi connectivity index (χ2v) is 7.73. The molecule has 7 nitrogen and oxygen atoms in total. The van der Waals surface area contributed by atoms with Gasteiger partial charge in [-0.25, -0.2) is 14.8 Å². The van der Waals surface area contributed by atoms with Gasteiger partial charge in [0.1, 0.15) is 0 Å². The van der Waals surface area contributed by atoms with Crippen molar-refractivity contribution in [3.05, 3.63) is 41.1 Å². The third-order valence-corrected chi connectivity index (χ3v) is 5.61. The zero-order valence-corrected chi connectivity index (χ0v) is 17.3. The Kier molecular flexibility index (Phi) is 5.47. The molecule has 2 amide bonds. The smallest absolute Gasteiger partial charge is 0.317 e. The predicted molar refractivity (Wildman–Crippen MR) is 114 cm³/mol. The molecule has 1 aromatic carbocycles. The van der Waals surface area contributed by atoms with Crippen molar-refractivity contribution < 1.29 is 4.79 Å². The molecule has 146 valence electrons. The summed E-state index contributed by atoms with van der Waals surface area (Å²) in [7, 11) is 0. The number of hydrogen-bond acceptors (Lipinski definition) is 4. The molecule has 1 fully saturated rings. The fraction of sp³-hybridized carbons (Fsp3) is 0.350. The molecule has 2 aromatic heterocycles.